The van der Waals surface area contributed by atoms with E-state index in [4.69, 9.17) is 0 Å². The molecule has 2 aliphatic rings. The summed E-state index contributed by atoms with van der Waals surface area (Å²) < 4.78 is 0. The van der Waals surface area contributed by atoms with Gasteiger partial charge in [-0.2, -0.15) is 0 Å². The lowest BCUT2D eigenvalue weighted by Gasteiger charge is -2.34. The SMILES string of the molecule is CC(C)N1CCCc2ccccc21.CC(C)N1CCc2ccccc21.N. The maximum absolute atomic E-state index is 2.50. The van der Waals surface area contributed by atoms with Crippen molar-refractivity contribution in [2.45, 2.75) is 59.0 Å². The van der Waals surface area contributed by atoms with Crippen molar-refractivity contribution < 1.29 is 0 Å². The summed E-state index contributed by atoms with van der Waals surface area (Å²) in [6.07, 6.45) is 3.77. The van der Waals surface area contributed by atoms with E-state index >= 15 is 0 Å². The Hall–Kier alpha value is -2.00. The van der Waals surface area contributed by atoms with Gasteiger partial charge in [0.2, 0.25) is 0 Å². The van der Waals surface area contributed by atoms with Crippen molar-refractivity contribution in [1.29, 1.82) is 0 Å². The van der Waals surface area contributed by atoms with Crippen LogP contribution in [0.2, 0.25) is 0 Å². The van der Waals surface area contributed by atoms with Gasteiger partial charge in [0.1, 0.15) is 0 Å². The first kappa shape index (κ1) is 20.3. The van der Waals surface area contributed by atoms with Crippen LogP contribution in [0.1, 0.15) is 45.2 Å². The molecule has 0 bridgehead atoms. The van der Waals surface area contributed by atoms with E-state index in [2.05, 4.69) is 86.0 Å². The van der Waals surface area contributed by atoms with Crippen molar-refractivity contribution in [2.24, 2.45) is 0 Å². The number of aryl methyl sites for hydroxylation is 1. The zero-order valence-corrected chi connectivity index (χ0v) is 16.9. The molecule has 0 saturated heterocycles. The molecular weight excluding hydrogens is 318 g/mol. The summed E-state index contributed by atoms with van der Waals surface area (Å²) in [5.41, 5.74) is 5.91. The van der Waals surface area contributed by atoms with Gasteiger partial charge >= 0.3 is 0 Å². The fourth-order valence-electron chi connectivity index (χ4n) is 4.00. The number of nitrogens with zero attached hydrogens (tertiary/aromatic N) is 2. The molecule has 2 heterocycles. The molecule has 0 saturated carbocycles. The number of fused-ring (bicyclic) bond motifs is 2. The van der Waals surface area contributed by atoms with Crippen molar-refractivity contribution in [3.05, 3.63) is 59.7 Å². The molecule has 4 rings (SSSR count). The Balaban J connectivity index is 0.000000180. The summed E-state index contributed by atoms with van der Waals surface area (Å²) in [5.74, 6) is 0. The quantitative estimate of drug-likeness (QED) is 0.778. The highest BCUT2D eigenvalue weighted by Crippen LogP contribution is 2.29. The van der Waals surface area contributed by atoms with Gasteiger partial charge < -0.3 is 16.0 Å². The lowest BCUT2D eigenvalue weighted by Crippen LogP contribution is -2.35. The molecule has 2 aliphatic heterocycles. The highest BCUT2D eigenvalue weighted by molar-refractivity contribution is 5.58. The third-order valence-corrected chi connectivity index (χ3v) is 5.32. The zero-order chi connectivity index (χ0) is 17.8. The topological polar surface area (TPSA) is 41.5 Å². The minimum absolute atomic E-state index is 0. The van der Waals surface area contributed by atoms with E-state index in [1.165, 1.54) is 54.9 Å². The van der Waals surface area contributed by atoms with Crippen LogP contribution in [0, 0.1) is 0 Å². The van der Waals surface area contributed by atoms with Crippen LogP contribution in [-0.4, -0.2) is 25.2 Å². The lowest BCUT2D eigenvalue weighted by atomic mass is 10.0. The van der Waals surface area contributed by atoms with Gasteiger partial charge in [-0.25, -0.2) is 0 Å². The minimum atomic E-state index is 0. The van der Waals surface area contributed by atoms with Crippen LogP contribution in [0.25, 0.3) is 0 Å². The highest BCUT2D eigenvalue weighted by atomic mass is 15.2. The predicted octanol–water partition coefficient (Wildman–Crippen LogP) is 5.47. The third-order valence-electron chi connectivity index (χ3n) is 5.32. The predicted molar refractivity (Wildman–Crippen MR) is 115 cm³/mol. The second kappa shape index (κ2) is 9.09. The number of hydrogen-bond donors (Lipinski definition) is 1. The number of benzene rings is 2. The second-order valence-corrected chi connectivity index (χ2v) is 7.69. The van der Waals surface area contributed by atoms with E-state index in [1.54, 1.807) is 0 Å². The largest absolute Gasteiger partial charge is 0.369 e. The molecule has 0 unspecified atom stereocenters. The van der Waals surface area contributed by atoms with Crippen LogP contribution in [0.15, 0.2) is 48.5 Å². The summed E-state index contributed by atoms with van der Waals surface area (Å²) in [5, 5.41) is 0. The van der Waals surface area contributed by atoms with Crippen molar-refractivity contribution >= 4 is 11.4 Å². The standard InChI is InChI=1S/C12H17N.C11H15N.H3N/c1-10(2)13-9-5-7-11-6-3-4-8-12(11)13;1-9(2)12-8-7-10-5-3-4-6-11(10)12;/h3-4,6,8,10H,5,7,9H2,1-2H3;3-6,9H,7-8H2,1-2H3;1H3. The van der Waals surface area contributed by atoms with Crippen LogP contribution < -0.4 is 16.0 Å². The number of para-hydroxylation sites is 2. The summed E-state index contributed by atoms with van der Waals surface area (Å²) in [6.45, 7) is 11.4. The van der Waals surface area contributed by atoms with Gasteiger partial charge in [0.05, 0.1) is 0 Å². The molecule has 3 N–H and O–H groups in total. The van der Waals surface area contributed by atoms with Gasteiger partial charge in [0.25, 0.3) is 0 Å². The van der Waals surface area contributed by atoms with Crippen LogP contribution in [0.5, 0.6) is 0 Å². The fourth-order valence-corrected chi connectivity index (χ4v) is 4.00. The van der Waals surface area contributed by atoms with Gasteiger partial charge in [-0.05, 0) is 70.2 Å². The van der Waals surface area contributed by atoms with Crippen LogP contribution in [0.4, 0.5) is 11.4 Å². The Labute approximate surface area is 159 Å². The highest BCUT2D eigenvalue weighted by Gasteiger charge is 2.20. The van der Waals surface area contributed by atoms with Gasteiger partial charge in [-0.3, -0.25) is 0 Å². The van der Waals surface area contributed by atoms with Crippen molar-refractivity contribution in [3.63, 3.8) is 0 Å². The summed E-state index contributed by atoms with van der Waals surface area (Å²) in [6, 6.07) is 18.7. The third kappa shape index (κ3) is 4.39. The van der Waals surface area contributed by atoms with Gasteiger partial charge in [0.15, 0.2) is 0 Å². The van der Waals surface area contributed by atoms with Crippen LogP contribution >= 0.6 is 0 Å². The normalized spacial score (nSPS) is 15.2. The molecule has 0 aromatic heterocycles. The van der Waals surface area contributed by atoms with E-state index in [0.29, 0.717) is 12.1 Å². The van der Waals surface area contributed by atoms with E-state index in [-0.39, 0.29) is 6.15 Å². The van der Waals surface area contributed by atoms with Gasteiger partial charge in [-0.15, -0.1) is 0 Å². The maximum Gasteiger partial charge on any atom is 0.0401 e. The summed E-state index contributed by atoms with van der Waals surface area (Å²) in [7, 11) is 0. The van der Waals surface area contributed by atoms with Crippen molar-refractivity contribution in [3.8, 4) is 0 Å². The Morgan fingerprint density at radius 3 is 1.65 bits per heavy atom. The first-order valence-electron chi connectivity index (χ1n) is 9.77. The molecule has 0 atom stereocenters. The van der Waals surface area contributed by atoms with Crippen LogP contribution in [0.3, 0.4) is 0 Å². The molecule has 0 radical (unpaired) electrons. The van der Waals surface area contributed by atoms with E-state index in [1.807, 2.05) is 0 Å². The molecule has 0 fully saturated rings. The molecule has 0 aliphatic carbocycles. The second-order valence-electron chi connectivity index (χ2n) is 7.69. The average molecular weight is 354 g/mol. The Morgan fingerprint density at radius 1 is 0.654 bits per heavy atom. The van der Waals surface area contributed by atoms with E-state index in [9.17, 15) is 0 Å². The monoisotopic (exact) mass is 353 g/mol. The summed E-state index contributed by atoms with van der Waals surface area (Å²) in [4.78, 5) is 4.97. The molecule has 3 heteroatoms. The van der Waals surface area contributed by atoms with Crippen LogP contribution in [-0.2, 0) is 12.8 Å². The minimum Gasteiger partial charge on any atom is -0.369 e. The average Bonchev–Trinajstić information content (AvgIpc) is 3.06. The molecule has 142 valence electrons. The number of rotatable bonds is 2. The van der Waals surface area contributed by atoms with E-state index < -0.39 is 0 Å². The molecule has 2 aromatic rings. The maximum atomic E-state index is 2.50. The summed E-state index contributed by atoms with van der Waals surface area (Å²) >= 11 is 0. The fraction of sp³-hybridized carbons (Fsp3) is 0.478. The van der Waals surface area contributed by atoms with Crippen molar-refractivity contribution in [2.75, 3.05) is 22.9 Å². The Bertz CT molecular complexity index is 693. The smallest absolute Gasteiger partial charge is 0.0401 e. The molecule has 3 nitrogen and oxygen atoms in total. The van der Waals surface area contributed by atoms with Crippen molar-refractivity contribution in [1.82, 2.24) is 6.15 Å². The Kier molecular flexibility index (Phi) is 7.10. The molecule has 0 spiro atoms. The number of anilines is 2. The Morgan fingerprint density at radius 2 is 1.12 bits per heavy atom. The first-order valence-corrected chi connectivity index (χ1v) is 9.77. The lowest BCUT2D eigenvalue weighted by molar-refractivity contribution is 0.626. The van der Waals surface area contributed by atoms with Gasteiger partial charge in [0, 0.05) is 36.5 Å². The van der Waals surface area contributed by atoms with Gasteiger partial charge in [-0.1, -0.05) is 36.4 Å². The zero-order valence-electron chi connectivity index (χ0n) is 16.9. The first-order chi connectivity index (χ1) is 12.1. The molecular formula is C23H35N3. The molecule has 2 aromatic carbocycles. The van der Waals surface area contributed by atoms with E-state index in [0.717, 1.165) is 0 Å². The molecule has 0 amide bonds. The number of hydrogen-bond acceptors (Lipinski definition) is 3. The molecule has 26 heavy (non-hydrogen) atoms.